The quantitative estimate of drug-likeness (QED) is 0.710. The second-order valence-corrected chi connectivity index (χ2v) is 5.98. The molecule has 1 aliphatic carbocycles. The third kappa shape index (κ3) is 3.61. The van der Waals surface area contributed by atoms with E-state index in [4.69, 9.17) is 11.6 Å². The predicted octanol–water partition coefficient (Wildman–Crippen LogP) is 3.43. The number of halogens is 1. The summed E-state index contributed by atoms with van der Waals surface area (Å²) >= 11 is 5.81. The lowest BCUT2D eigenvalue weighted by Crippen LogP contribution is -2.43. The van der Waals surface area contributed by atoms with Gasteiger partial charge in [0.15, 0.2) is 0 Å². The van der Waals surface area contributed by atoms with Gasteiger partial charge in [-0.25, -0.2) is 0 Å². The summed E-state index contributed by atoms with van der Waals surface area (Å²) in [7, 11) is 0. The average Bonchev–Trinajstić information content (AvgIpc) is 2.40. The molecule has 1 saturated heterocycles. The van der Waals surface area contributed by atoms with Crippen LogP contribution in [0.15, 0.2) is 0 Å². The molecular weight excluding hydrogens is 234 g/mol. The van der Waals surface area contributed by atoms with E-state index in [0.717, 1.165) is 38.2 Å². The lowest BCUT2D eigenvalue weighted by molar-refractivity contribution is -0.138. The molecule has 0 N–H and O–H groups in total. The largest absolute Gasteiger partial charge is 0.342 e. The van der Waals surface area contributed by atoms with E-state index in [1.54, 1.807) is 0 Å². The van der Waals surface area contributed by atoms with Crippen LogP contribution in [-0.4, -0.2) is 29.8 Å². The summed E-state index contributed by atoms with van der Waals surface area (Å²) in [6, 6.07) is 0. The number of piperidine rings is 1. The van der Waals surface area contributed by atoms with Gasteiger partial charge in [-0.1, -0.05) is 19.3 Å². The molecule has 1 amide bonds. The van der Waals surface area contributed by atoms with Crippen molar-refractivity contribution in [1.82, 2.24) is 4.90 Å². The van der Waals surface area contributed by atoms with Crippen molar-refractivity contribution < 1.29 is 4.79 Å². The Hall–Kier alpha value is -0.240. The Balaban J connectivity index is 1.85. The van der Waals surface area contributed by atoms with Crippen LogP contribution in [-0.2, 0) is 4.79 Å². The van der Waals surface area contributed by atoms with Crippen molar-refractivity contribution in [3.8, 4) is 0 Å². The molecule has 1 unspecified atom stereocenters. The maximum absolute atomic E-state index is 12.4. The van der Waals surface area contributed by atoms with Crippen LogP contribution in [0, 0.1) is 11.8 Å². The summed E-state index contributed by atoms with van der Waals surface area (Å²) in [5.74, 6) is 2.15. The van der Waals surface area contributed by atoms with Crippen LogP contribution < -0.4 is 0 Å². The standard InChI is InChI=1S/C14H24ClNO/c15-9-8-12-5-4-10-16(11-12)14(17)13-6-2-1-3-7-13/h12-13H,1-11H2. The van der Waals surface area contributed by atoms with Crippen LogP contribution >= 0.6 is 11.6 Å². The van der Waals surface area contributed by atoms with Gasteiger partial charge in [0.1, 0.15) is 0 Å². The van der Waals surface area contributed by atoms with Gasteiger partial charge in [-0.05, 0) is 38.0 Å². The summed E-state index contributed by atoms with van der Waals surface area (Å²) in [5.41, 5.74) is 0. The molecule has 0 spiro atoms. The summed E-state index contributed by atoms with van der Waals surface area (Å²) in [4.78, 5) is 14.5. The highest BCUT2D eigenvalue weighted by molar-refractivity contribution is 6.17. The molecular formula is C14H24ClNO. The molecule has 2 nitrogen and oxygen atoms in total. The molecule has 0 bridgehead atoms. The third-order valence-electron chi connectivity index (χ3n) is 4.30. The van der Waals surface area contributed by atoms with Crippen molar-refractivity contribution in [1.29, 1.82) is 0 Å². The Labute approximate surface area is 110 Å². The van der Waals surface area contributed by atoms with Crippen molar-refractivity contribution in [2.24, 2.45) is 11.8 Å². The molecule has 2 fully saturated rings. The molecule has 1 aliphatic heterocycles. The van der Waals surface area contributed by atoms with Crippen molar-refractivity contribution >= 4 is 17.5 Å². The van der Waals surface area contributed by atoms with Gasteiger partial charge in [0, 0.05) is 24.9 Å². The van der Waals surface area contributed by atoms with Crippen molar-refractivity contribution in [2.45, 2.75) is 51.4 Å². The van der Waals surface area contributed by atoms with Crippen LogP contribution in [0.5, 0.6) is 0 Å². The molecule has 0 aromatic heterocycles. The molecule has 0 aromatic carbocycles. The van der Waals surface area contributed by atoms with Gasteiger partial charge >= 0.3 is 0 Å². The minimum atomic E-state index is 0.332. The molecule has 2 aliphatic rings. The van der Waals surface area contributed by atoms with Crippen LogP contribution in [0.2, 0.25) is 0 Å². The van der Waals surface area contributed by atoms with Gasteiger partial charge in [0.2, 0.25) is 5.91 Å². The first-order valence-corrected chi connectivity index (χ1v) is 7.69. The van der Waals surface area contributed by atoms with E-state index in [2.05, 4.69) is 4.90 Å². The van der Waals surface area contributed by atoms with Crippen LogP contribution in [0.25, 0.3) is 0 Å². The van der Waals surface area contributed by atoms with Gasteiger partial charge in [-0.3, -0.25) is 4.79 Å². The minimum absolute atomic E-state index is 0.332. The lowest BCUT2D eigenvalue weighted by atomic mass is 9.87. The van der Waals surface area contributed by atoms with Crippen LogP contribution in [0.3, 0.4) is 0 Å². The molecule has 1 saturated carbocycles. The van der Waals surface area contributed by atoms with Crippen LogP contribution in [0.1, 0.15) is 51.4 Å². The average molecular weight is 258 g/mol. The summed E-state index contributed by atoms with van der Waals surface area (Å²) in [6.07, 6.45) is 9.53. The fourth-order valence-electron chi connectivity index (χ4n) is 3.26. The number of likely N-dealkylation sites (tertiary alicyclic amines) is 1. The van der Waals surface area contributed by atoms with Crippen LogP contribution in [0.4, 0.5) is 0 Å². The van der Waals surface area contributed by atoms with E-state index in [1.165, 1.54) is 32.1 Å². The summed E-state index contributed by atoms with van der Waals surface area (Å²) in [5, 5.41) is 0. The maximum Gasteiger partial charge on any atom is 0.225 e. The van der Waals surface area contributed by atoms with E-state index < -0.39 is 0 Å². The highest BCUT2D eigenvalue weighted by Gasteiger charge is 2.29. The van der Waals surface area contributed by atoms with E-state index in [0.29, 0.717) is 17.7 Å². The molecule has 98 valence electrons. The fraction of sp³-hybridized carbons (Fsp3) is 0.929. The van der Waals surface area contributed by atoms with Crippen molar-refractivity contribution in [3.63, 3.8) is 0 Å². The molecule has 17 heavy (non-hydrogen) atoms. The SMILES string of the molecule is O=C(C1CCCCC1)N1CCCC(CCCl)C1. The molecule has 3 heteroatoms. The van der Waals surface area contributed by atoms with E-state index in [9.17, 15) is 4.79 Å². The fourth-order valence-corrected chi connectivity index (χ4v) is 3.57. The van der Waals surface area contributed by atoms with E-state index >= 15 is 0 Å². The summed E-state index contributed by atoms with van der Waals surface area (Å²) in [6.45, 7) is 1.94. The molecule has 1 heterocycles. The normalized spacial score (nSPS) is 27.1. The molecule has 1 atom stereocenters. The van der Waals surface area contributed by atoms with Crippen molar-refractivity contribution in [2.75, 3.05) is 19.0 Å². The Bertz CT molecular complexity index is 249. The first-order chi connectivity index (χ1) is 8.31. The topological polar surface area (TPSA) is 20.3 Å². The Morgan fingerprint density at radius 2 is 1.88 bits per heavy atom. The number of hydrogen-bond acceptors (Lipinski definition) is 1. The smallest absolute Gasteiger partial charge is 0.225 e. The monoisotopic (exact) mass is 257 g/mol. The summed E-state index contributed by atoms with van der Waals surface area (Å²) < 4.78 is 0. The zero-order chi connectivity index (χ0) is 12.1. The van der Waals surface area contributed by atoms with Gasteiger partial charge in [0.05, 0.1) is 0 Å². The number of nitrogens with zero attached hydrogens (tertiary/aromatic N) is 1. The number of alkyl halides is 1. The predicted molar refractivity (Wildman–Crippen MR) is 71.2 cm³/mol. The molecule has 0 radical (unpaired) electrons. The molecule has 0 aromatic rings. The second kappa shape index (κ2) is 6.63. The van der Waals surface area contributed by atoms with Gasteiger partial charge < -0.3 is 4.90 Å². The third-order valence-corrected chi connectivity index (χ3v) is 4.52. The number of amides is 1. The highest BCUT2D eigenvalue weighted by atomic mass is 35.5. The van der Waals surface area contributed by atoms with E-state index in [-0.39, 0.29) is 0 Å². The maximum atomic E-state index is 12.4. The number of carbonyl (C=O) groups is 1. The first-order valence-electron chi connectivity index (χ1n) is 7.16. The van der Waals surface area contributed by atoms with Gasteiger partial charge in [-0.2, -0.15) is 0 Å². The first kappa shape index (κ1) is 13.2. The highest BCUT2D eigenvalue weighted by Crippen LogP contribution is 2.28. The van der Waals surface area contributed by atoms with Gasteiger partial charge in [-0.15, -0.1) is 11.6 Å². The Kier molecular flexibility index (Phi) is 5.15. The number of carbonyl (C=O) groups excluding carboxylic acids is 1. The number of hydrogen-bond donors (Lipinski definition) is 0. The van der Waals surface area contributed by atoms with Gasteiger partial charge in [0.25, 0.3) is 0 Å². The second-order valence-electron chi connectivity index (χ2n) is 5.61. The minimum Gasteiger partial charge on any atom is -0.342 e. The number of rotatable bonds is 3. The van der Waals surface area contributed by atoms with E-state index in [1.807, 2.05) is 0 Å². The Morgan fingerprint density at radius 3 is 2.59 bits per heavy atom. The van der Waals surface area contributed by atoms with Crippen molar-refractivity contribution in [3.05, 3.63) is 0 Å². The zero-order valence-corrected chi connectivity index (χ0v) is 11.4. The lowest BCUT2D eigenvalue weighted by Gasteiger charge is -2.35. The molecule has 2 rings (SSSR count). The Morgan fingerprint density at radius 1 is 1.12 bits per heavy atom. The zero-order valence-electron chi connectivity index (χ0n) is 10.7.